The predicted octanol–water partition coefficient (Wildman–Crippen LogP) is 2.26. The third-order valence-electron chi connectivity index (χ3n) is 2.72. The molecule has 0 spiro atoms. The Morgan fingerprint density at radius 3 is 2.30 bits per heavy atom. The van der Waals surface area contributed by atoms with Crippen molar-refractivity contribution in [1.29, 1.82) is 0 Å². The van der Waals surface area contributed by atoms with Crippen molar-refractivity contribution < 1.29 is 4.79 Å². The Morgan fingerprint density at radius 1 is 1.10 bits per heavy atom. The molecule has 0 aromatic carbocycles. The Hall–Kier alpha value is -0.530. The highest BCUT2D eigenvalue weighted by Gasteiger charge is 2.05. The maximum Gasteiger partial charge on any atom is 0.241 e. The lowest BCUT2D eigenvalue weighted by molar-refractivity contribution is -0.119. The van der Waals surface area contributed by atoms with E-state index in [1.54, 1.807) is 0 Å². The number of unbranched alkanes of at least 4 members (excludes halogenated alkanes) is 2. The van der Waals surface area contributed by atoms with Gasteiger partial charge in [-0.25, -0.2) is 4.99 Å². The van der Waals surface area contributed by atoms with Crippen LogP contribution in [0, 0.1) is 0 Å². The van der Waals surface area contributed by atoms with Gasteiger partial charge < -0.3 is 16.0 Å². The van der Waals surface area contributed by atoms with Gasteiger partial charge in [0, 0.05) is 19.1 Å². The molecule has 3 N–H and O–H groups in total. The number of nitrogens with one attached hydrogen (secondary N) is 3. The van der Waals surface area contributed by atoms with Gasteiger partial charge in [-0.1, -0.05) is 26.2 Å². The van der Waals surface area contributed by atoms with Crippen molar-refractivity contribution in [2.24, 2.45) is 4.99 Å². The van der Waals surface area contributed by atoms with E-state index in [0.29, 0.717) is 12.6 Å². The summed E-state index contributed by atoms with van der Waals surface area (Å²) in [7, 11) is 0. The molecule has 0 aliphatic carbocycles. The van der Waals surface area contributed by atoms with E-state index in [0.717, 1.165) is 18.9 Å². The number of hydrogen-bond donors (Lipinski definition) is 3. The van der Waals surface area contributed by atoms with Crippen molar-refractivity contribution in [2.45, 2.75) is 59.4 Å². The molecule has 120 valence electrons. The lowest BCUT2D eigenvalue weighted by atomic mass is 10.1. The van der Waals surface area contributed by atoms with Crippen LogP contribution >= 0.6 is 24.0 Å². The van der Waals surface area contributed by atoms with Gasteiger partial charge >= 0.3 is 0 Å². The second-order valence-corrected chi connectivity index (χ2v) is 4.69. The first-order chi connectivity index (χ1) is 9.13. The van der Waals surface area contributed by atoms with Crippen LogP contribution in [0.2, 0.25) is 0 Å². The lowest BCUT2D eigenvalue weighted by Gasteiger charge is -2.17. The normalized spacial score (nSPS) is 12.3. The smallest absolute Gasteiger partial charge is 0.241 e. The molecule has 20 heavy (non-hydrogen) atoms. The molecule has 0 aliphatic heterocycles. The van der Waals surface area contributed by atoms with Gasteiger partial charge in [-0.15, -0.1) is 24.0 Å². The summed E-state index contributed by atoms with van der Waals surface area (Å²) in [4.78, 5) is 15.7. The highest BCUT2D eigenvalue weighted by molar-refractivity contribution is 14.0. The van der Waals surface area contributed by atoms with Crippen LogP contribution < -0.4 is 16.0 Å². The summed E-state index contributed by atoms with van der Waals surface area (Å²) in [6.45, 7) is 9.88. The average Bonchev–Trinajstić information content (AvgIpc) is 2.37. The van der Waals surface area contributed by atoms with Crippen LogP contribution in [0.1, 0.15) is 53.4 Å². The molecule has 0 aliphatic rings. The summed E-state index contributed by atoms with van der Waals surface area (Å²) < 4.78 is 0. The maximum atomic E-state index is 11.4. The van der Waals surface area contributed by atoms with Crippen LogP contribution in [0.5, 0.6) is 0 Å². The second kappa shape index (κ2) is 14.9. The molecular formula is C14H31IN4O. The van der Waals surface area contributed by atoms with E-state index >= 15 is 0 Å². The van der Waals surface area contributed by atoms with Gasteiger partial charge in [0.15, 0.2) is 5.96 Å². The molecule has 0 heterocycles. The van der Waals surface area contributed by atoms with Gasteiger partial charge in [0.1, 0.15) is 6.54 Å². The molecule has 0 bridgehead atoms. The van der Waals surface area contributed by atoms with Gasteiger partial charge in [-0.05, 0) is 27.2 Å². The molecule has 1 amide bonds. The summed E-state index contributed by atoms with van der Waals surface area (Å²) in [5, 5.41) is 9.23. The molecule has 0 fully saturated rings. The Morgan fingerprint density at radius 2 is 1.75 bits per heavy atom. The van der Waals surface area contributed by atoms with E-state index in [-0.39, 0.29) is 36.4 Å². The zero-order valence-electron chi connectivity index (χ0n) is 13.3. The highest BCUT2D eigenvalue weighted by atomic mass is 127. The van der Waals surface area contributed by atoms with Crippen molar-refractivity contribution >= 4 is 35.8 Å². The average molecular weight is 398 g/mol. The third-order valence-corrected chi connectivity index (χ3v) is 2.72. The van der Waals surface area contributed by atoms with Crippen LogP contribution in [-0.4, -0.2) is 37.5 Å². The Balaban J connectivity index is 0. The zero-order valence-corrected chi connectivity index (χ0v) is 15.6. The van der Waals surface area contributed by atoms with Crippen LogP contribution in [0.25, 0.3) is 0 Å². The molecule has 0 rings (SSSR count). The Bertz CT molecular complexity index is 272. The van der Waals surface area contributed by atoms with Gasteiger partial charge in [-0.2, -0.15) is 0 Å². The largest absolute Gasteiger partial charge is 0.357 e. The van der Waals surface area contributed by atoms with E-state index in [4.69, 9.17) is 0 Å². The number of hydrogen-bond acceptors (Lipinski definition) is 2. The fourth-order valence-electron chi connectivity index (χ4n) is 1.73. The number of carbonyl (C=O) groups excluding carboxylic acids is 1. The fraction of sp³-hybridized carbons (Fsp3) is 0.857. The van der Waals surface area contributed by atoms with Crippen molar-refractivity contribution in [3.05, 3.63) is 0 Å². The van der Waals surface area contributed by atoms with Gasteiger partial charge in [0.05, 0.1) is 0 Å². The van der Waals surface area contributed by atoms with E-state index in [1.807, 2.05) is 13.8 Å². The number of amides is 1. The number of carbonyl (C=O) groups is 1. The summed E-state index contributed by atoms with van der Waals surface area (Å²) in [6.07, 6.45) is 4.84. The topological polar surface area (TPSA) is 65.5 Å². The van der Waals surface area contributed by atoms with E-state index < -0.39 is 0 Å². The minimum absolute atomic E-state index is 0. The molecule has 0 radical (unpaired) electrons. The van der Waals surface area contributed by atoms with E-state index in [1.165, 1.54) is 19.3 Å². The van der Waals surface area contributed by atoms with Crippen LogP contribution in [0.3, 0.4) is 0 Å². The van der Waals surface area contributed by atoms with Gasteiger partial charge in [-0.3, -0.25) is 4.79 Å². The molecule has 0 aromatic heterocycles. The summed E-state index contributed by atoms with van der Waals surface area (Å²) in [5.74, 6) is 0.677. The fourth-order valence-corrected chi connectivity index (χ4v) is 1.73. The quantitative estimate of drug-likeness (QED) is 0.242. The molecular weight excluding hydrogens is 367 g/mol. The first-order valence-electron chi connectivity index (χ1n) is 7.45. The van der Waals surface area contributed by atoms with Crippen molar-refractivity contribution in [3.8, 4) is 0 Å². The third kappa shape index (κ3) is 12.5. The monoisotopic (exact) mass is 398 g/mol. The molecule has 5 nitrogen and oxygen atoms in total. The number of aliphatic imine (C=N–C) groups is 1. The van der Waals surface area contributed by atoms with Gasteiger partial charge in [0.2, 0.25) is 5.91 Å². The molecule has 1 atom stereocenters. The number of rotatable bonds is 9. The highest BCUT2D eigenvalue weighted by Crippen LogP contribution is 2.02. The van der Waals surface area contributed by atoms with Crippen molar-refractivity contribution in [1.82, 2.24) is 16.0 Å². The molecule has 1 unspecified atom stereocenters. The minimum atomic E-state index is -0.0432. The SMILES string of the molecule is CCCCCC(C)NC(=NCC(=O)NCC)NCC.I. The summed E-state index contributed by atoms with van der Waals surface area (Å²) in [5.41, 5.74) is 0. The van der Waals surface area contributed by atoms with Crippen molar-refractivity contribution in [2.75, 3.05) is 19.6 Å². The van der Waals surface area contributed by atoms with Crippen LogP contribution in [0.4, 0.5) is 0 Å². The van der Waals surface area contributed by atoms with Crippen LogP contribution in [-0.2, 0) is 4.79 Å². The van der Waals surface area contributed by atoms with Gasteiger partial charge in [0.25, 0.3) is 0 Å². The summed E-state index contributed by atoms with van der Waals surface area (Å²) >= 11 is 0. The molecule has 0 saturated carbocycles. The Kier molecular flexibility index (Phi) is 16.2. The number of guanidine groups is 1. The first kappa shape index (κ1) is 21.8. The zero-order chi connectivity index (χ0) is 14.5. The second-order valence-electron chi connectivity index (χ2n) is 4.69. The molecule has 0 saturated heterocycles. The Labute approximate surface area is 140 Å². The predicted molar refractivity (Wildman–Crippen MR) is 96.8 cm³/mol. The maximum absolute atomic E-state index is 11.4. The number of nitrogens with zero attached hydrogens (tertiary/aromatic N) is 1. The number of likely N-dealkylation sites (N-methyl/N-ethyl adjacent to an activating group) is 1. The lowest BCUT2D eigenvalue weighted by Crippen LogP contribution is -2.43. The standard InChI is InChI=1S/C14H30N4O.HI/c1-5-8-9-10-12(4)18-14(16-7-3)17-11-13(19)15-6-2;/h12H,5-11H2,1-4H3,(H,15,19)(H2,16,17,18);1H. The van der Waals surface area contributed by atoms with Crippen molar-refractivity contribution in [3.63, 3.8) is 0 Å². The molecule has 6 heteroatoms. The van der Waals surface area contributed by atoms with E-state index in [2.05, 4.69) is 34.8 Å². The minimum Gasteiger partial charge on any atom is -0.357 e. The van der Waals surface area contributed by atoms with Crippen LogP contribution in [0.15, 0.2) is 4.99 Å². The van der Waals surface area contributed by atoms with E-state index in [9.17, 15) is 4.79 Å². The summed E-state index contributed by atoms with van der Waals surface area (Å²) in [6, 6.07) is 0.374. The number of halogens is 1. The first-order valence-corrected chi connectivity index (χ1v) is 7.45. The molecule has 0 aromatic rings.